The fraction of sp³-hybridized carbons (Fsp3) is 0.280. The van der Waals surface area contributed by atoms with E-state index in [4.69, 9.17) is 25.7 Å². The first-order chi connectivity index (χ1) is 15.6. The molecule has 1 amide bonds. The second kappa shape index (κ2) is 10.4. The van der Waals surface area contributed by atoms with Crippen LogP contribution in [0.3, 0.4) is 0 Å². The van der Waals surface area contributed by atoms with E-state index >= 15 is 0 Å². The van der Waals surface area contributed by atoms with Crippen LogP contribution in [0.4, 0.5) is 0 Å². The van der Waals surface area contributed by atoms with Crippen molar-refractivity contribution in [2.24, 2.45) is 0 Å². The zero-order valence-corrected chi connectivity index (χ0v) is 18.8. The van der Waals surface area contributed by atoms with Crippen LogP contribution in [-0.4, -0.2) is 28.6 Å². The molecule has 1 N–H and O–H groups in total. The Bertz CT molecular complexity index is 1180. The number of halogens is 1. The number of carbonyl (C=O) groups is 1. The minimum atomic E-state index is -0.196. The van der Waals surface area contributed by atoms with Crippen molar-refractivity contribution in [2.45, 2.75) is 32.7 Å². The molecule has 2 aromatic carbocycles. The highest BCUT2D eigenvalue weighted by Gasteiger charge is 2.11. The van der Waals surface area contributed by atoms with Crippen LogP contribution in [0, 0.1) is 6.92 Å². The van der Waals surface area contributed by atoms with Crippen LogP contribution in [0.25, 0.3) is 11.0 Å². The summed E-state index contributed by atoms with van der Waals surface area (Å²) in [6.07, 6.45) is 3.90. The first-order valence-corrected chi connectivity index (χ1v) is 11.1. The Hall–Kier alpha value is -3.25. The molecule has 7 heteroatoms. The van der Waals surface area contributed by atoms with Crippen LogP contribution in [0.2, 0.25) is 5.02 Å². The number of para-hydroxylation sites is 2. The number of hydrogen-bond donors (Lipinski definition) is 1. The number of hydrogen-bond acceptors (Lipinski definition) is 4. The fourth-order valence-electron chi connectivity index (χ4n) is 3.63. The number of aromatic nitrogens is 2. The summed E-state index contributed by atoms with van der Waals surface area (Å²) in [6.45, 7) is 3.94. The maximum atomic E-state index is 12.0. The molecule has 2 heterocycles. The van der Waals surface area contributed by atoms with Crippen LogP contribution in [-0.2, 0) is 13.0 Å². The Kier molecular flexibility index (Phi) is 7.12. The van der Waals surface area contributed by atoms with E-state index in [1.165, 1.54) is 6.26 Å². The van der Waals surface area contributed by atoms with Crippen LogP contribution in [0.15, 0.2) is 65.3 Å². The highest BCUT2D eigenvalue weighted by Crippen LogP contribution is 2.22. The summed E-state index contributed by atoms with van der Waals surface area (Å²) in [5.74, 6) is 1.97. The highest BCUT2D eigenvalue weighted by atomic mass is 35.5. The van der Waals surface area contributed by atoms with E-state index < -0.39 is 0 Å². The minimum Gasteiger partial charge on any atom is -0.494 e. The van der Waals surface area contributed by atoms with Gasteiger partial charge in [-0.15, -0.1) is 0 Å². The summed E-state index contributed by atoms with van der Waals surface area (Å²) < 4.78 is 13.3. The first-order valence-electron chi connectivity index (χ1n) is 10.8. The number of benzene rings is 2. The molecular weight excluding hydrogens is 426 g/mol. The van der Waals surface area contributed by atoms with Gasteiger partial charge in [0.1, 0.15) is 11.6 Å². The van der Waals surface area contributed by atoms with Gasteiger partial charge >= 0.3 is 0 Å². The molecule has 4 aromatic rings. The average molecular weight is 452 g/mol. The second-order valence-electron chi connectivity index (χ2n) is 7.62. The van der Waals surface area contributed by atoms with Gasteiger partial charge in [-0.05, 0) is 67.8 Å². The summed E-state index contributed by atoms with van der Waals surface area (Å²) in [4.78, 5) is 16.8. The number of fused-ring (bicyclic) bond motifs is 1. The molecule has 0 radical (unpaired) electrons. The third kappa shape index (κ3) is 5.32. The smallest absolute Gasteiger partial charge is 0.286 e. The lowest BCUT2D eigenvalue weighted by Crippen LogP contribution is -2.24. The quantitative estimate of drug-likeness (QED) is 0.327. The van der Waals surface area contributed by atoms with Gasteiger partial charge in [-0.3, -0.25) is 4.79 Å². The molecule has 4 rings (SSSR count). The minimum absolute atomic E-state index is 0.196. The van der Waals surface area contributed by atoms with Gasteiger partial charge in [0.2, 0.25) is 0 Å². The Morgan fingerprint density at radius 2 is 2.03 bits per heavy atom. The fourth-order valence-corrected chi connectivity index (χ4v) is 3.75. The number of rotatable bonds is 10. The van der Waals surface area contributed by atoms with E-state index in [1.54, 1.807) is 12.1 Å². The van der Waals surface area contributed by atoms with Crippen LogP contribution in [0.1, 0.15) is 34.8 Å². The van der Waals surface area contributed by atoms with Gasteiger partial charge in [0.25, 0.3) is 5.91 Å². The van der Waals surface area contributed by atoms with Crippen molar-refractivity contribution in [3.8, 4) is 5.75 Å². The van der Waals surface area contributed by atoms with Crippen molar-refractivity contribution in [1.82, 2.24) is 14.9 Å². The van der Waals surface area contributed by atoms with Gasteiger partial charge in [0.05, 0.1) is 23.9 Å². The maximum Gasteiger partial charge on any atom is 0.286 e. The number of ether oxygens (including phenoxy) is 1. The summed E-state index contributed by atoms with van der Waals surface area (Å²) in [5.41, 5.74) is 3.10. The molecule has 0 unspecified atom stereocenters. The van der Waals surface area contributed by atoms with E-state index in [0.717, 1.165) is 59.0 Å². The number of carbonyl (C=O) groups excluding carboxylic acids is 1. The van der Waals surface area contributed by atoms with E-state index in [9.17, 15) is 4.79 Å². The zero-order valence-electron chi connectivity index (χ0n) is 18.0. The van der Waals surface area contributed by atoms with E-state index in [2.05, 4.69) is 16.0 Å². The lowest BCUT2D eigenvalue weighted by molar-refractivity contribution is 0.0925. The molecule has 6 nitrogen and oxygen atoms in total. The summed E-state index contributed by atoms with van der Waals surface area (Å²) in [7, 11) is 0. The number of nitrogens with one attached hydrogen (secondary N) is 1. The van der Waals surface area contributed by atoms with Gasteiger partial charge in [0, 0.05) is 24.5 Å². The third-order valence-electron chi connectivity index (χ3n) is 5.27. The number of imidazole rings is 1. The van der Waals surface area contributed by atoms with Gasteiger partial charge in [-0.25, -0.2) is 4.98 Å². The molecule has 0 saturated carbocycles. The first kappa shape index (κ1) is 22.0. The van der Waals surface area contributed by atoms with Crippen LogP contribution < -0.4 is 10.1 Å². The predicted octanol–water partition coefficient (Wildman–Crippen LogP) is 5.42. The number of nitrogens with zero attached hydrogens (tertiary/aromatic N) is 2. The largest absolute Gasteiger partial charge is 0.494 e. The topological polar surface area (TPSA) is 69.3 Å². The van der Waals surface area contributed by atoms with E-state index in [0.29, 0.717) is 18.9 Å². The Balaban J connectivity index is 1.33. The highest BCUT2D eigenvalue weighted by molar-refractivity contribution is 6.31. The lowest BCUT2D eigenvalue weighted by Gasteiger charge is -2.11. The molecule has 0 aliphatic carbocycles. The number of amides is 1. The van der Waals surface area contributed by atoms with E-state index in [1.807, 2.05) is 43.3 Å². The number of furan rings is 1. The Morgan fingerprint density at radius 3 is 2.84 bits per heavy atom. The van der Waals surface area contributed by atoms with Crippen LogP contribution >= 0.6 is 11.6 Å². The monoisotopic (exact) mass is 451 g/mol. The summed E-state index contributed by atoms with van der Waals surface area (Å²) >= 11 is 6.08. The van der Waals surface area contributed by atoms with Crippen molar-refractivity contribution in [2.75, 3.05) is 13.2 Å². The SMILES string of the molecule is Cc1cc(OCCCn2c(CCCNC(=O)c3ccco3)nc3ccccc32)ccc1Cl. The van der Waals surface area contributed by atoms with Crippen molar-refractivity contribution in [1.29, 1.82) is 0 Å². The molecule has 2 aromatic heterocycles. The van der Waals surface area contributed by atoms with Gasteiger partial charge in [0.15, 0.2) is 5.76 Å². The molecular formula is C25H26ClN3O3. The normalized spacial score (nSPS) is 11.1. The average Bonchev–Trinajstić information content (AvgIpc) is 3.45. The molecule has 0 spiro atoms. The standard InChI is InChI=1S/C25H26ClN3O3/c1-18-17-19(11-12-20(18)26)31-16-6-14-29-22-8-3-2-7-21(22)28-24(29)10-4-13-27-25(30)23-9-5-15-32-23/h2-3,5,7-9,11-12,15,17H,4,6,10,13-14,16H2,1H3,(H,27,30). The van der Waals surface area contributed by atoms with Crippen LogP contribution in [0.5, 0.6) is 5.75 Å². The lowest BCUT2D eigenvalue weighted by atomic mass is 10.2. The van der Waals surface area contributed by atoms with Crippen molar-refractivity contribution in [3.05, 3.63) is 83.0 Å². The predicted molar refractivity (Wildman–Crippen MR) is 125 cm³/mol. The van der Waals surface area contributed by atoms with Gasteiger partial charge in [-0.1, -0.05) is 23.7 Å². The molecule has 32 heavy (non-hydrogen) atoms. The Morgan fingerprint density at radius 1 is 1.16 bits per heavy atom. The zero-order chi connectivity index (χ0) is 22.3. The summed E-state index contributed by atoms with van der Waals surface area (Å²) in [6, 6.07) is 17.2. The van der Waals surface area contributed by atoms with Crippen molar-refractivity contribution < 1.29 is 13.9 Å². The molecule has 0 atom stereocenters. The van der Waals surface area contributed by atoms with Gasteiger partial charge in [-0.2, -0.15) is 0 Å². The molecule has 0 fully saturated rings. The molecule has 0 bridgehead atoms. The van der Waals surface area contributed by atoms with Crippen molar-refractivity contribution >= 4 is 28.5 Å². The molecule has 166 valence electrons. The van der Waals surface area contributed by atoms with Gasteiger partial charge < -0.3 is 19.0 Å². The molecule has 0 aliphatic rings. The molecule has 0 aliphatic heterocycles. The third-order valence-corrected chi connectivity index (χ3v) is 5.69. The van der Waals surface area contributed by atoms with Crippen molar-refractivity contribution in [3.63, 3.8) is 0 Å². The molecule has 0 saturated heterocycles. The Labute approximate surface area is 192 Å². The number of aryl methyl sites for hydroxylation is 3. The van der Waals surface area contributed by atoms with E-state index in [-0.39, 0.29) is 5.91 Å². The maximum absolute atomic E-state index is 12.0. The second-order valence-corrected chi connectivity index (χ2v) is 8.03. The summed E-state index contributed by atoms with van der Waals surface area (Å²) in [5, 5.41) is 3.63.